The molecule has 0 aliphatic rings. The third kappa shape index (κ3) is 6.95. The van der Waals surface area contributed by atoms with Gasteiger partial charge in [0, 0.05) is 0 Å². The van der Waals surface area contributed by atoms with E-state index in [1.54, 1.807) is 6.07 Å². The lowest BCUT2D eigenvalue weighted by Crippen LogP contribution is -2.27. The summed E-state index contributed by atoms with van der Waals surface area (Å²) < 4.78 is 0. The molecule has 0 spiro atoms. The van der Waals surface area contributed by atoms with Crippen molar-refractivity contribution in [3.8, 4) is 5.75 Å². The Kier molecular flexibility index (Phi) is 9.14. The van der Waals surface area contributed by atoms with Crippen molar-refractivity contribution in [2.24, 2.45) is 0 Å². The normalized spacial score (nSPS) is 11.2. The molecule has 1 rings (SSSR count). The highest BCUT2D eigenvalue weighted by atomic mass is 16.3. The number of aryl methyl sites for hydroxylation is 1. The van der Waals surface area contributed by atoms with E-state index < -0.39 is 0 Å². The first-order valence-electron chi connectivity index (χ1n) is 8.27. The first kappa shape index (κ1) is 17.0. The minimum Gasteiger partial charge on any atom is -0.508 e. The molecule has 0 saturated carbocycles. The van der Waals surface area contributed by atoms with E-state index in [0.717, 1.165) is 18.4 Å². The summed E-state index contributed by atoms with van der Waals surface area (Å²) in [5.74, 6) is 0.446. The average molecular weight is 277 g/mol. The smallest absolute Gasteiger partial charge is 0.118 e. The summed E-state index contributed by atoms with van der Waals surface area (Å²) in [5, 5.41) is 9.74. The summed E-state index contributed by atoms with van der Waals surface area (Å²) >= 11 is 0. The molecule has 2 nitrogen and oxygen atoms in total. The molecule has 0 atom stereocenters. The zero-order valence-electron chi connectivity index (χ0n) is 13.3. The molecule has 114 valence electrons. The number of rotatable bonds is 11. The zero-order valence-corrected chi connectivity index (χ0v) is 13.3. The van der Waals surface area contributed by atoms with E-state index >= 15 is 0 Å². The highest BCUT2D eigenvalue weighted by Crippen LogP contribution is 2.18. The van der Waals surface area contributed by atoms with Crippen molar-refractivity contribution in [1.82, 2.24) is 4.90 Å². The van der Waals surface area contributed by atoms with Crippen molar-refractivity contribution in [3.05, 3.63) is 29.8 Å². The SMILES string of the molecule is CCCCN(CCCC)CCCCc1ccccc1O. The van der Waals surface area contributed by atoms with Gasteiger partial charge in [0.2, 0.25) is 0 Å². The Bertz CT molecular complexity index is 343. The maximum Gasteiger partial charge on any atom is 0.118 e. The van der Waals surface area contributed by atoms with E-state index in [4.69, 9.17) is 0 Å². The van der Waals surface area contributed by atoms with E-state index in [-0.39, 0.29) is 0 Å². The fourth-order valence-corrected chi connectivity index (χ4v) is 2.47. The van der Waals surface area contributed by atoms with E-state index in [1.807, 2.05) is 18.2 Å². The highest BCUT2D eigenvalue weighted by Gasteiger charge is 2.04. The minimum absolute atomic E-state index is 0.446. The Balaban J connectivity index is 2.23. The minimum atomic E-state index is 0.446. The van der Waals surface area contributed by atoms with Gasteiger partial charge in [-0.05, 0) is 63.4 Å². The Hall–Kier alpha value is -1.02. The van der Waals surface area contributed by atoms with Crippen LogP contribution in [0.1, 0.15) is 57.9 Å². The van der Waals surface area contributed by atoms with Crippen LogP contribution in [0.5, 0.6) is 5.75 Å². The molecule has 0 unspecified atom stereocenters. The molecule has 0 aliphatic heterocycles. The number of hydrogen-bond donors (Lipinski definition) is 1. The largest absolute Gasteiger partial charge is 0.508 e. The van der Waals surface area contributed by atoms with Gasteiger partial charge in [0.15, 0.2) is 0 Å². The second kappa shape index (κ2) is 10.7. The van der Waals surface area contributed by atoms with E-state index in [9.17, 15) is 5.11 Å². The summed E-state index contributed by atoms with van der Waals surface area (Å²) in [5.41, 5.74) is 1.08. The van der Waals surface area contributed by atoms with Crippen molar-refractivity contribution in [2.75, 3.05) is 19.6 Å². The molecular formula is C18H31NO. The molecular weight excluding hydrogens is 246 g/mol. The van der Waals surface area contributed by atoms with Crippen LogP contribution in [0.3, 0.4) is 0 Å². The number of hydrogen-bond acceptors (Lipinski definition) is 2. The maximum absolute atomic E-state index is 9.74. The maximum atomic E-state index is 9.74. The van der Waals surface area contributed by atoms with Crippen LogP contribution < -0.4 is 0 Å². The van der Waals surface area contributed by atoms with Crippen LogP contribution in [0.4, 0.5) is 0 Å². The van der Waals surface area contributed by atoms with E-state index in [2.05, 4.69) is 18.7 Å². The zero-order chi connectivity index (χ0) is 14.6. The third-order valence-corrected chi connectivity index (χ3v) is 3.82. The molecule has 1 aromatic carbocycles. The fourth-order valence-electron chi connectivity index (χ4n) is 2.47. The van der Waals surface area contributed by atoms with Crippen LogP contribution >= 0.6 is 0 Å². The predicted molar refractivity (Wildman–Crippen MR) is 87.3 cm³/mol. The Morgan fingerprint density at radius 2 is 1.45 bits per heavy atom. The van der Waals surface area contributed by atoms with Crippen LogP contribution in [0.15, 0.2) is 24.3 Å². The lowest BCUT2D eigenvalue weighted by Gasteiger charge is -2.21. The van der Waals surface area contributed by atoms with Gasteiger partial charge < -0.3 is 10.0 Å². The molecule has 1 aromatic rings. The third-order valence-electron chi connectivity index (χ3n) is 3.82. The molecule has 0 bridgehead atoms. The Morgan fingerprint density at radius 1 is 0.850 bits per heavy atom. The van der Waals surface area contributed by atoms with Crippen LogP contribution in [-0.2, 0) is 6.42 Å². The molecule has 0 saturated heterocycles. The number of phenolic OH excluding ortho intramolecular Hbond substituents is 1. The monoisotopic (exact) mass is 277 g/mol. The highest BCUT2D eigenvalue weighted by molar-refractivity contribution is 5.31. The van der Waals surface area contributed by atoms with Gasteiger partial charge in [0.05, 0.1) is 0 Å². The number of nitrogens with zero attached hydrogens (tertiary/aromatic N) is 1. The standard InChI is InChI=1S/C18H31NO/c1-3-5-14-19(15-6-4-2)16-10-9-12-17-11-7-8-13-18(17)20/h7-8,11,13,20H,3-6,9-10,12,14-16H2,1-2H3. The Labute approximate surface area is 124 Å². The summed E-state index contributed by atoms with van der Waals surface area (Å²) in [4.78, 5) is 2.61. The van der Waals surface area contributed by atoms with Crippen molar-refractivity contribution in [2.45, 2.75) is 58.8 Å². The summed E-state index contributed by atoms with van der Waals surface area (Å²) in [6, 6.07) is 7.70. The average Bonchev–Trinajstić information content (AvgIpc) is 2.47. The molecule has 0 fully saturated rings. The van der Waals surface area contributed by atoms with Gasteiger partial charge in [-0.15, -0.1) is 0 Å². The number of unbranched alkanes of at least 4 members (excludes halogenated alkanes) is 3. The van der Waals surface area contributed by atoms with Crippen LogP contribution in [0.2, 0.25) is 0 Å². The number of benzene rings is 1. The lowest BCUT2D eigenvalue weighted by atomic mass is 10.1. The summed E-state index contributed by atoms with van der Waals surface area (Å²) in [6.07, 6.45) is 8.55. The molecule has 1 N–H and O–H groups in total. The predicted octanol–water partition coefficient (Wildman–Crippen LogP) is 4.62. The molecule has 0 aliphatic carbocycles. The van der Waals surface area contributed by atoms with Gasteiger partial charge in [-0.2, -0.15) is 0 Å². The fraction of sp³-hybridized carbons (Fsp3) is 0.667. The molecule has 0 heterocycles. The van der Waals surface area contributed by atoms with Crippen molar-refractivity contribution in [1.29, 1.82) is 0 Å². The van der Waals surface area contributed by atoms with E-state index in [0.29, 0.717) is 5.75 Å². The summed E-state index contributed by atoms with van der Waals surface area (Å²) in [6.45, 7) is 8.21. The number of aromatic hydroxyl groups is 1. The van der Waals surface area contributed by atoms with Crippen molar-refractivity contribution < 1.29 is 5.11 Å². The topological polar surface area (TPSA) is 23.5 Å². The van der Waals surface area contributed by atoms with E-state index in [1.165, 1.54) is 51.7 Å². The van der Waals surface area contributed by atoms with Crippen molar-refractivity contribution >= 4 is 0 Å². The van der Waals surface area contributed by atoms with Gasteiger partial charge >= 0.3 is 0 Å². The summed E-state index contributed by atoms with van der Waals surface area (Å²) in [7, 11) is 0. The van der Waals surface area contributed by atoms with Crippen LogP contribution in [-0.4, -0.2) is 29.6 Å². The van der Waals surface area contributed by atoms with Gasteiger partial charge in [0.1, 0.15) is 5.75 Å². The second-order valence-electron chi connectivity index (χ2n) is 5.63. The molecule has 0 amide bonds. The quantitative estimate of drug-likeness (QED) is 0.597. The van der Waals surface area contributed by atoms with Gasteiger partial charge in [-0.25, -0.2) is 0 Å². The van der Waals surface area contributed by atoms with Gasteiger partial charge in [-0.3, -0.25) is 0 Å². The Morgan fingerprint density at radius 3 is 2.05 bits per heavy atom. The number of phenols is 1. The van der Waals surface area contributed by atoms with Crippen LogP contribution in [0, 0.1) is 0 Å². The van der Waals surface area contributed by atoms with Gasteiger partial charge in [0.25, 0.3) is 0 Å². The van der Waals surface area contributed by atoms with Crippen molar-refractivity contribution in [3.63, 3.8) is 0 Å². The molecule has 0 radical (unpaired) electrons. The molecule has 0 aromatic heterocycles. The first-order chi connectivity index (χ1) is 9.77. The molecule has 20 heavy (non-hydrogen) atoms. The van der Waals surface area contributed by atoms with Crippen LogP contribution in [0.25, 0.3) is 0 Å². The lowest BCUT2D eigenvalue weighted by molar-refractivity contribution is 0.260. The van der Waals surface area contributed by atoms with Gasteiger partial charge in [-0.1, -0.05) is 44.9 Å². The molecule has 2 heteroatoms. The number of para-hydroxylation sites is 1. The first-order valence-corrected chi connectivity index (χ1v) is 8.27. The second-order valence-corrected chi connectivity index (χ2v) is 5.63.